The van der Waals surface area contributed by atoms with Crippen LogP contribution in [0.5, 0.6) is 0 Å². The van der Waals surface area contributed by atoms with Gasteiger partial charge in [-0.05, 0) is 18.1 Å². The average molecular weight is 351 g/mol. The summed E-state index contributed by atoms with van der Waals surface area (Å²) in [6.07, 6.45) is 10.1. The van der Waals surface area contributed by atoms with E-state index in [0.717, 1.165) is 41.9 Å². The van der Waals surface area contributed by atoms with Crippen molar-refractivity contribution in [2.24, 2.45) is 0 Å². The van der Waals surface area contributed by atoms with Gasteiger partial charge in [-0.25, -0.2) is 9.50 Å². The molecule has 0 bridgehead atoms. The van der Waals surface area contributed by atoms with Crippen molar-refractivity contribution < 1.29 is 0 Å². The fraction of sp³-hybridized carbons (Fsp3) is 0.200. The predicted molar refractivity (Wildman–Crippen MR) is 101 cm³/mol. The quantitative estimate of drug-likeness (QED) is 0.515. The molecular weight excluding hydrogens is 332 g/mol. The molecule has 0 saturated heterocycles. The summed E-state index contributed by atoms with van der Waals surface area (Å²) in [5.41, 5.74) is 5.33. The Hall–Kier alpha value is -2.59. The Bertz CT molecular complexity index is 1000. The van der Waals surface area contributed by atoms with E-state index in [-0.39, 0.29) is 0 Å². The first-order chi connectivity index (χ1) is 12.2. The highest BCUT2D eigenvalue weighted by molar-refractivity contribution is 6.30. The van der Waals surface area contributed by atoms with E-state index in [9.17, 15) is 0 Å². The molecule has 4 rings (SSSR count). The Kier molecular flexibility index (Phi) is 4.28. The minimum atomic E-state index is 0.576. The highest BCUT2D eigenvalue weighted by Gasteiger charge is 2.16. The Morgan fingerprint density at radius 3 is 2.72 bits per heavy atom. The van der Waals surface area contributed by atoms with Crippen LogP contribution in [-0.2, 0) is 13.0 Å². The second-order valence-electron chi connectivity index (χ2n) is 6.18. The number of halogens is 1. The van der Waals surface area contributed by atoms with Gasteiger partial charge in [-0.2, -0.15) is 5.10 Å². The van der Waals surface area contributed by atoms with Gasteiger partial charge in [0, 0.05) is 29.7 Å². The van der Waals surface area contributed by atoms with Crippen LogP contribution in [0.2, 0.25) is 5.02 Å². The first-order valence-corrected chi connectivity index (χ1v) is 8.85. The standard InChI is InChI=1S/C20H19ClN4/c1-2-6-15-9-10-24(12-15)14-18-19(16-7-4-3-5-8-16)23-25-13-17(21)11-22-20(18)25/h3-5,7-13H,2,6,14H2,1H3. The first-order valence-electron chi connectivity index (χ1n) is 8.47. The lowest BCUT2D eigenvalue weighted by atomic mass is 10.1. The third-order valence-electron chi connectivity index (χ3n) is 4.27. The number of aromatic nitrogens is 4. The maximum atomic E-state index is 6.10. The summed E-state index contributed by atoms with van der Waals surface area (Å²) in [4.78, 5) is 4.52. The van der Waals surface area contributed by atoms with Crippen molar-refractivity contribution in [3.05, 3.63) is 77.3 Å². The van der Waals surface area contributed by atoms with Gasteiger partial charge in [-0.1, -0.05) is 55.3 Å². The number of aryl methyl sites for hydroxylation is 1. The van der Waals surface area contributed by atoms with E-state index in [0.29, 0.717) is 5.02 Å². The zero-order valence-corrected chi connectivity index (χ0v) is 14.8. The first kappa shape index (κ1) is 15.9. The molecule has 25 heavy (non-hydrogen) atoms. The highest BCUT2D eigenvalue weighted by atomic mass is 35.5. The molecule has 0 aliphatic carbocycles. The molecule has 0 N–H and O–H groups in total. The molecule has 0 spiro atoms. The van der Waals surface area contributed by atoms with Gasteiger partial charge in [-0.3, -0.25) is 0 Å². The van der Waals surface area contributed by atoms with Gasteiger partial charge < -0.3 is 4.57 Å². The molecule has 5 heteroatoms. The molecule has 3 aromatic heterocycles. The minimum absolute atomic E-state index is 0.576. The number of benzene rings is 1. The van der Waals surface area contributed by atoms with Crippen LogP contribution in [0.15, 0.2) is 61.2 Å². The molecule has 1 aromatic carbocycles. The number of hydrogen-bond donors (Lipinski definition) is 0. The molecule has 0 aliphatic heterocycles. The second-order valence-corrected chi connectivity index (χ2v) is 6.61. The summed E-state index contributed by atoms with van der Waals surface area (Å²) in [7, 11) is 0. The maximum absolute atomic E-state index is 6.10. The minimum Gasteiger partial charge on any atom is -0.349 e. The Balaban J connectivity index is 1.82. The Morgan fingerprint density at radius 1 is 1.08 bits per heavy atom. The third-order valence-corrected chi connectivity index (χ3v) is 4.47. The summed E-state index contributed by atoms with van der Waals surface area (Å²) >= 11 is 6.10. The fourth-order valence-electron chi connectivity index (χ4n) is 3.14. The lowest BCUT2D eigenvalue weighted by molar-refractivity contribution is 0.802. The van der Waals surface area contributed by atoms with Gasteiger partial charge >= 0.3 is 0 Å². The van der Waals surface area contributed by atoms with Gasteiger partial charge in [0.15, 0.2) is 5.65 Å². The van der Waals surface area contributed by atoms with Crippen LogP contribution < -0.4 is 0 Å². The molecule has 126 valence electrons. The SMILES string of the molecule is CCCc1ccn(Cc2c(-c3ccccc3)nn3cc(Cl)cnc23)c1. The predicted octanol–water partition coefficient (Wildman–Crippen LogP) is 4.85. The van der Waals surface area contributed by atoms with Gasteiger partial charge in [0.2, 0.25) is 0 Å². The summed E-state index contributed by atoms with van der Waals surface area (Å²) in [5.74, 6) is 0. The summed E-state index contributed by atoms with van der Waals surface area (Å²) < 4.78 is 3.97. The third kappa shape index (κ3) is 3.17. The second kappa shape index (κ2) is 6.73. The van der Waals surface area contributed by atoms with Gasteiger partial charge in [0.1, 0.15) is 5.69 Å². The van der Waals surface area contributed by atoms with E-state index in [1.54, 1.807) is 16.9 Å². The van der Waals surface area contributed by atoms with E-state index < -0.39 is 0 Å². The Labute approximate surface area is 151 Å². The molecule has 3 heterocycles. The van der Waals surface area contributed by atoms with Crippen LogP contribution >= 0.6 is 11.6 Å². The number of rotatable bonds is 5. The summed E-state index contributed by atoms with van der Waals surface area (Å²) in [5, 5.41) is 5.32. The lowest BCUT2D eigenvalue weighted by Crippen LogP contribution is -1.99. The van der Waals surface area contributed by atoms with Crippen LogP contribution in [-0.4, -0.2) is 19.2 Å². The molecule has 0 unspecified atom stereocenters. The van der Waals surface area contributed by atoms with E-state index in [1.165, 1.54) is 5.56 Å². The largest absolute Gasteiger partial charge is 0.349 e. The van der Waals surface area contributed by atoms with Crippen LogP contribution in [0.1, 0.15) is 24.5 Å². The number of hydrogen-bond acceptors (Lipinski definition) is 2. The van der Waals surface area contributed by atoms with E-state index in [4.69, 9.17) is 16.7 Å². The van der Waals surface area contributed by atoms with Crippen LogP contribution in [0.3, 0.4) is 0 Å². The van der Waals surface area contributed by atoms with Crippen LogP contribution in [0, 0.1) is 0 Å². The van der Waals surface area contributed by atoms with Crippen molar-refractivity contribution in [2.45, 2.75) is 26.3 Å². The van der Waals surface area contributed by atoms with Crippen molar-refractivity contribution in [3.63, 3.8) is 0 Å². The maximum Gasteiger partial charge on any atom is 0.160 e. The van der Waals surface area contributed by atoms with E-state index in [2.05, 4.69) is 47.1 Å². The van der Waals surface area contributed by atoms with Crippen molar-refractivity contribution in [2.75, 3.05) is 0 Å². The van der Waals surface area contributed by atoms with Crippen LogP contribution in [0.4, 0.5) is 0 Å². The van der Waals surface area contributed by atoms with Crippen LogP contribution in [0.25, 0.3) is 16.9 Å². The zero-order valence-electron chi connectivity index (χ0n) is 14.1. The van der Waals surface area contributed by atoms with Gasteiger partial charge in [-0.15, -0.1) is 0 Å². The average Bonchev–Trinajstić information content (AvgIpc) is 3.21. The van der Waals surface area contributed by atoms with E-state index in [1.807, 2.05) is 18.2 Å². The van der Waals surface area contributed by atoms with Crippen molar-refractivity contribution >= 4 is 17.2 Å². The summed E-state index contributed by atoms with van der Waals surface area (Å²) in [6.45, 7) is 2.93. The topological polar surface area (TPSA) is 35.1 Å². The lowest BCUT2D eigenvalue weighted by Gasteiger charge is -2.05. The smallest absolute Gasteiger partial charge is 0.160 e. The molecule has 0 amide bonds. The van der Waals surface area contributed by atoms with E-state index >= 15 is 0 Å². The van der Waals surface area contributed by atoms with Crippen molar-refractivity contribution in [1.29, 1.82) is 0 Å². The molecule has 0 saturated carbocycles. The normalized spacial score (nSPS) is 11.3. The molecule has 4 nitrogen and oxygen atoms in total. The monoisotopic (exact) mass is 350 g/mol. The number of fused-ring (bicyclic) bond motifs is 1. The molecule has 4 aromatic rings. The Morgan fingerprint density at radius 2 is 1.92 bits per heavy atom. The highest BCUT2D eigenvalue weighted by Crippen LogP contribution is 2.27. The van der Waals surface area contributed by atoms with Gasteiger partial charge in [0.05, 0.1) is 17.8 Å². The van der Waals surface area contributed by atoms with Crippen molar-refractivity contribution in [1.82, 2.24) is 19.2 Å². The summed E-state index contributed by atoms with van der Waals surface area (Å²) in [6, 6.07) is 12.4. The fourth-order valence-corrected chi connectivity index (χ4v) is 3.28. The molecule has 0 aliphatic rings. The van der Waals surface area contributed by atoms with Crippen molar-refractivity contribution in [3.8, 4) is 11.3 Å². The molecule has 0 radical (unpaired) electrons. The van der Waals surface area contributed by atoms with Gasteiger partial charge in [0.25, 0.3) is 0 Å². The molecule has 0 atom stereocenters. The molecule has 0 fully saturated rings. The molecular formula is C20H19ClN4. The zero-order chi connectivity index (χ0) is 17.2. The number of nitrogens with zero attached hydrogens (tertiary/aromatic N) is 4.